The predicted octanol–water partition coefficient (Wildman–Crippen LogP) is 2.48. The van der Waals surface area contributed by atoms with Crippen molar-refractivity contribution in [2.24, 2.45) is 0 Å². The molecule has 1 aliphatic rings. The summed E-state index contributed by atoms with van der Waals surface area (Å²) in [5, 5.41) is 8.39. The monoisotopic (exact) mass is 395 g/mol. The van der Waals surface area contributed by atoms with Crippen LogP contribution < -0.4 is 16.0 Å². The highest BCUT2D eigenvalue weighted by Crippen LogP contribution is 2.16. The molecule has 3 amide bonds. The zero-order chi connectivity index (χ0) is 20.6. The number of hydrogen-bond acceptors (Lipinski definition) is 4. The van der Waals surface area contributed by atoms with Crippen molar-refractivity contribution in [3.8, 4) is 0 Å². The molecule has 0 saturated carbocycles. The van der Waals surface area contributed by atoms with Gasteiger partial charge in [0.05, 0.1) is 0 Å². The van der Waals surface area contributed by atoms with E-state index in [0.717, 1.165) is 12.0 Å². The number of nitrogens with one attached hydrogen (secondary N) is 3. The summed E-state index contributed by atoms with van der Waals surface area (Å²) in [6.07, 6.45) is 1.16. The molecule has 7 nitrogen and oxygen atoms in total. The van der Waals surface area contributed by atoms with Crippen LogP contribution in [0.1, 0.15) is 46.0 Å². The van der Waals surface area contributed by atoms with Gasteiger partial charge in [-0.15, -0.1) is 0 Å². The topological polar surface area (TPSA) is 96.5 Å². The molecule has 0 spiro atoms. The molecule has 1 atom stereocenters. The van der Waals surface area contributed by atoms with Crippen LogP contribution in [0.2, 0.25) is 0 Å². The molecule has 7 heteroatoms. The van der Waals surface area contributed by atoms with Crippen LogP contribution in [-0.2, 0) is 16.1 Å². The maximum Gasteiger partial charge on any atom is 0.253 e. The highest BCUT2D eigenvalue weighted by Gasteiger charge is 2.23. The maximum absolute atomic E-state index is 12.5. The zero-order valence-electron chi connectivity index (χ0n) is 16.4. The molecule has 0 aromatic heterocycles. The number of benzene rings is 2. The van der Waals surface area contributed by atoms with Gasteiger partial charge < -0.3 is 20.7 Å². The summed E-state index contributed by atoms with van der Waals surface area (Å²) in [6.45, 7) is 3.30. The van der Waals surface area contributed by atoms with Crippen LogP contribution in [0, 0.1) is 0 Å². The molecule has 1 fully saturated rings. The molecule has 0 unspecified atom stereocenters. The van der Waals surface area contributed by atoms with Gasteiger partial charge in [0.15, 0.2) is 0 Å². The lowest BCUT2D eigenvalue weighted by Gasteiger charge is -2.12. The van der Waals surface area contributed by atoms with Crippen molar-refractivity contribution in [3.63, 3.8) is 0 Å². The Morgan fingerprint density at radius 2 is 1.72 bits per heavy atom. The van der Waals surface area contributed by atoms with Crippen LogP contribution in [0.3, 0.4) is 0 Å². The number of ether oxygens (including phenoxy) is 1. The van der Waals surface area contributed by atoms with Gasteiger partial charge in [0, 0.05) is 36.5 Å². The molecular weight excluding hydrogens is 370 g/mol. The average molecular weight is 395 g/mol. The van der Waals surface area contributed by atoms with Crippen LogP contribution in [-0.4, -0.2) is 37.0 Å². The molecule has 0 aliphatic carbocycles. The Morgan fingerprint density at radius 1 is 1.00 bits per heavy atom. The van der Waals surface area contributed by atoms with E-state index in [1.165, 1.54) is 0 Å². The highest BCUT2D eigenvalue weighted by molar-refractivity contribution is 5.98. The minimum absolute atomic E-state index is 0.143. The Balaban J connectivity index is 1.59. The second-order valence-electron chi connectivity index (χ2n) is 6.81. The SMILES string of the molecule is CCNC(=O)c1cccc(CNC(=O)c2cccc(NC(=O)[C@@H]3CCCO3)c2)c1. The second kappa shape index (κ2) is 9.84. The first-order chi connectivity index (χ1) is 14.1. The summed E-state index contributed by atoms with van der Waals surface area (Å²) in [6, 6.07) is 13.9. The molecule has 0 bridgehead atoms. The van der Waals surface area contributed by atoms with E-state index in [1.807, 2.05) is 13.0 Å². The molecule has 3 rings (SSSR count). The van der Waals surface area contributed by atoms with Crippen molar-refractivity contribution in [1.82, 2.24) is 10.6 Å². The zero-order valence-corrected chi connectivity index (χ0v) is 16.4. The van der Waals surface area contributed by atoms with Gasteiger partial charge in [0.1, 0.15) is 6.10 Å². The van der Waals surface area contributed by atoms with Crippen molar-refractivity contribution in [1.29, 1.82) is 0 Å². The van der Waals surface area contributed by atoms with E-state index in [2.05, 4.69) is 16.0 Å². The molecule has 1 aliphatic heterocycles. The van der Waals surface area contributed by atoms with Gasteiger partial charge in [0.2, 0.25) is 0 Å². The average Bonchev–Trinajstić information content (AvgIpc) is 3.28. The van der Waals surface area contributed by atoms with Gasteiger partial charge in [-0.05, 0) is 55.7 Å². The first-order valence-electron chi connectivity index (χ1n) is 9.74. The largest absolute Gasteiger partial charge is 0.368 e. The lowest BCUT2D eigenvalue weighted by molar-refractivity contribution is -0.124. The molecule has 3 N–H and O–H groups in total. The molecule has 0 radical (unpaired) electrons. The number of carbonyl (C=O) groups is 3. The number of hydrogen-bond donors (Lipinski definition) is 3. The first kappa shape index (κ1) is 20.5. The van der Waals surface area contributed by atoms with Crippen LogP contribution in [0.25, 0.3) is 0 Å². The van der Waals surface area contributed by atoms with E-state index in [4.69, 9.17) is 4.74 Å². The first-order valence-corrected chi connectivity index (χ1v) is 9.74. The Bertz CT molecular complexity index is 891. The molecular formula is C22H25N3O4. The molecule has 2 aromatic rings. The van der Waals surface area contributed by atoms with Crippen LogP contribution >= 0.6 is 0 Å². The lowest BCUT2D eigenvalue weighted by Crippen LogP contribution is -2.27. The van der Waals surface area contributed by atoms with Gasteiger partial charge in [-0.2, -0.15) is 0 Å². The van der Waals surface area contributed by atoms with E-state index >= 15 is 0 Å². The quantitative estimate of drug-likeness (QED) is 0.671. The number of rotatable bonds is 7. The van der Waals surface area contributed by atoms with E-state index in [-0.39, 0.29) is 17.7 Å². The minimum Gasteiger partial charge on any atom is -0.368 e. The van der Waals surface area contributed by atoms with Crippen molar-refractivity contribution < 1.29 is 19.1 Å². The molecule has 152 valence electrons. The van der Waals surface area contributed by atoms with Gasteiger partial charge in [-0.25, -0.2) is 0 Å². The molecule has 29 heavy (non-hydrogen) atoms. The Hall–Kier alpha value is -3.19. The third-order valence-corrected chi connectivity index (χ3v) is 4.59. The van der Waals surface area contributed by atoms with E-state index in [0.29, 0.717) is 42.9 Å². The summed E-state index contributed by atoms with van der Waals surface area (Å²) < 4.78 is 5.37. The van der Waals surface area contributed by atoms with E-state index in [9.17, 15) is 14.4 Å². The van der Waals surface area contributed by atoms with Gasteiger partial charge in [0.25, 0.3) is 17.7 Å². The third kappa shape index (κ3) is 5.65. The summed E-state index contributed by atoms with van der Waals surface area (Å²) >= 11 is 0. The summed E-state index contributed by atoms with van der Waals surface area (Å²) in [4.78, 5) is 36.6. The van der Waals surface area contributed by atoms with Crippen LogP contribution in [0.4, 0.5) is 5.69 Å². The highest BCUT2D eigenvalue weighted by atomic mass is 16.5. The number of anilines is 1. The fourth-order valence-electron chi connectivity index (χ4n) is 3.11. The summed E-state index contributed by atoms with van der Waals surface area (Å²) in [5.74, 6) is -0.598. The maximum atomic E-state index is 12.5. The summed E-state index contributed by atoms with van der Waals surface area (Å²) in [7, 11) is 0. The van der Waals surface area contributed by atoms with Gasteiger partial charge >= 0.3 is 0 Å². The van der Waals surface area contributed by atoms with Crippen LogP contribution in [0.5, 0.6) is 0 Å². The number of amides is 3. The molecule has 2 aromatic carbocycles. The number of carbonyl (C=O) groups excluding carboxylic acids is 3. The van der Waals surface area contributed by atoms with Crippen molar-refractivity contribution in [3.05, 3.63) is 65.2 Å². The van der Waals surface area contributed by atoms with Gasteiger partial charge in [-0.1, -0.05) is 18.2 Å². The molecule has 1 heterocycles. The molecule has 1 saturated heterocycles. The van der Waals surface area contributed by atoms with Gasteiger partial charge in [-0.3, -0.25) is 14.4 Å². The lowest BCUT2D eigenvalue weighted by atomic mass is 10.1. The fraction of sp³-hybridized carbons (Fsp3) is 0.318. The fourth-order valence-corrected chi connectivity index (χ4v) is 3.11. The minimum atomic E-state index is -0.426. The van der Waals surface area contributed by atoms with Crippen molar-refractivity contribution >= 4 is 23.4 Å². The second-order valence-corrected chi connectivity index (χ2v) is 6.81. The van der Waals surface area contributed by atoms with Crippen LogP contribution in [0.15, 0.2) is 48.5 Å². The predicted molar refractivity (Wildman–Crippen MR) is 110 cm³/mol. The summed E-state index contributed by atoms with van der Waals surface area (Å²) in [5.41, 5.74) is 2.37. The third-order valence-electron chi connectivity index (χ3n) is 4.59. The smallest absolute Gasteiger partial charge is 0.253 e. The van der Waals surface area contributed by atoms with Crippen molar-refractivity contribution in [2.75, 3.05) is 18.5 Å². The standard InChI is InChI=1S/C22H25N3O4/c1-2-23-20(26)16-7-3-6-15(12-16)14-24-21(27)17-8-4-9-18(13-17)25-22(28)19-10-5-11-29-19/h3-4,6-9,12-13,19H,2,5,10-11,14H2,1H3,(H,23,26)(H,24,27)(H,25,28)/t19-/m0/s1. The normalized spacial score (nSPS) is 15.6. The van der Waals surface area contributed by atoms with E-state index < -0.39 is 6.10 Å². The Morgan fingerprint density at radius 3 is 2.45 bits per heavy atom. The Kier molecular flexibility index (Phi) is 6.97. The van der Waals surface area contributed by atoms with E-state index in [1.54, 1.807) is 42.5 Å². The Labute approximate surface area is 169 Å². The van der Waals surface area contributed by atoms with Crippen molar-refractivity contribution in [2.45, 2.75) is 32.4 Å².